The van der Waals surface area contributed by atoms with Crippen LogP contribution in [0.4, 0.5) is 5.69 Å². The summed E-state index contributed by atoms with van der Waals surface area (Å²) >= 11 is 0. The molecule has 2 heteroatoms. The van der Waals surface area contributed by atoms with Gasteiger partial charge in [0.25, 0.3) is 0 Å². The van der Waals surface area contributed by atoms with E-state index in [0.29, 0.717) is 0 Å². The molecule has 17 heavy (non-hydrogen) atoms. The Kier molecular flexibility index (Phi) is 3.71. The number of anilines is 1. The summed E-state index contributed by atoms with van der Waals surface area (Å²) in [7, 11) is 0. The van der Waals surface area contributed by atoms with Crippen LogP contribution >= 0.6 is 0 Å². The minimum Gasteiger partial charge on any atom is -0.399 e. The number of para-hydroxylation sites is 1. The highest BCUT2D eigenvalue weighted by atomic mass is 14.6. The Balaban J connectivity index is 0.000000136. The summed E-state index contributed by atoms with van der Waals surface area (Å²) in [6, 6.07) is 19.7. The molecule has 2 N–H and O–H groups in total. The van der Waals surface area contributed by atoms with Crippen LogP contribution in [0.5, 0.6) is 0 Å². The summed E-state index contributed by atoms with van der Waals surface area (Å²) in [5.41, 5.74) is 6.18. The number of hydrogen-bond acceptors (Lipinski definition) is 2. The van der Waals surface area contributed by atoms with Gasteiger partial charge in [-0.05, 0) is 29.0 Å². The van der Waals surface area contributed by atoms with Crippen molar-refractivity contribution in [3.8, 4) is 0 Å². The minimum absolute atomic E-state index is 0.822. The molecule has 0 aliphatic rings. The van der Waals surface area contributed by atoms with E-state index in [0.717, 1.165) is 5.69 Å². The first kappa shape index (κ1) is 11.1. The van der Waals surface area contributed by atoms with Gasteiger partial charge in [-0.15, -0.1) is 0 Å². The molecule has 0 amide bonds. The average molecular weight is 222 g/mol. The topological polar surface area (TPSA) is 38.9 Å². The molecule has 0 fully saturated rings. The van der Waals surface area contributed by atoms with E-state index >= 15 is 0 Å². The van der Waals surface area contributed by atoms with Gasteiger partial charge in [-0.2, -0.15) is 0 Å². The quantitative estimate of drug-likeness (QED) is 0.591. The van der Waals surface area contributed by atoms with Gasteiger partial charge >= 0.3 is 0 Å². The molecule has 0 aliphatic heterocycles. The monoisotopic (exact) mass is 222 g/mol. The van der Waals surface area contributed by atoms with Gasteiger partial charge in [0.15, 0.2) is 0 Å². The standard InChI is InChI=1S/C9H7N.C6H7N/c1-2-4-9-7-10-6-5-8(9)3-1;7-6-4-2-1-3-5-6/h1-7H;1-5H,7H2. The van der Waals surface area contributed by atoms with Crippen molar-refractivity contribution in [2.24, 2.45) is 0 Å². The molecule has 2 nitrogen and oxygen atoms in total. The molecule has 3 rings (SSSR count). The zero-order chi connectivity index (χ0) is 11.9. The molecule has 0 atom stereocenters. The maximum Gasteiger partial charge on any atom is 0.0346 e. The first-order valence-electron chi connectivity index (χ1n) is 5.45. The van der Waals surface area contributed by atoms with Gasteiger partial charge < -0.3 is 5.73 Å². The Morgan fingerprint density at radius 2 is 1.35 bits per heavy atom. The van der Waals surface area contributed by atoms with Crippen LogP contribution in [0.25, 0.3) is 10.8 Å². The molecular weight excluding hydrogens is 208 g/mol. The molecule has 1 aromatic heterocycles. The molecule has 0 spiro atoms. The van der Waals surface area contributed by atoms with Gasteiger partial charge in [-0.1, -0.05) is 42.5 Å². The molecule has 0 bridgehead atoms. The molecule has 84 valence electrons. The Bertz CT molecular complexity index is 511. The average Bonchev–Trinajstić information content (AvgIpc) is 2.41. The first-order chi connectivity index (χ1) is 8.36. The summed E-state index contributed by atoms with van der Waals surface area (Å²) in [4.78, 5) is 4.01. The van der Waals surface area contributed by atoms with Crippen molar-refractivity contribution in [1.82, 2.24) is 4.98 Å². The number of pyridine rings is 1. The van der Waals surface area contributed by atoms with Crippen molar-refractivity contribution >= 4 is 16.5 Å². The van der Waals surface area contributed by atoms with Crippen LogP contribution in [0.15, 0.2) is 73.1 Å². The number of rotatable bonds is 0. The van der Waals surface area contributed by atoms with E-state index in [1.165, 1.54) is 10.8 Å². The lowest BCUT2D eigenvalue weighted by molar-refractivity contribution is 1.36. The van der Waals surface area contributed by atoms with E-state index in [2.05, 4.69) is 17.1 Å². The van der Waals surface area contributed by atoms with E-state index in [1.54, 1.807) is 0 Å². The Labute approximate surface area is 101 Å². The number of nitrogens with zero attached hydrogens (tertiary/aromatic N) is 1. The van der Waals surface area contributed by atoms with Crippen molar-refractivity contribution in [3.63, 3.8) is 0 Å². The molecular formula is C15H14N2. The molecule has 3 aromatic rings. The smallest absolute Gasteiger partial charge is 0.0346 e. The van der Waals surface area contributed by atoms with Crippen LogP contribution in [0, 0.1) is 0 Å². The second-order valence-corrected chi connectivity index (χ2v) is 3.63. The normalized spacial score (nSPS) is 9.41. The lowest BCUT2D eigenvalue weighted by atomic mass is 10.2. The lowest BCUT2D eigenvalue weighted by Crippen LogP contribution is -1.79. The lowest BCUT2D eigenvalue weighted by Gasteiger charge is -1.91. The molecule has 0 saturated carbocycles. The van der Waals surface area contributed by atoms with Crippen molar-refractivity contribution in [3.05, 3.63) is 73.1 Å². The van der Waals surface area contributed by atoms with E-state index in [4.69, 9.17) is 5.73 Å². The first-order valence-corrected chi connectivity index (χ1v) is 5.45. The van der Waals surface area contributed by atoms with Crippen LogP contribution in [0.2, 0.25) is 0 Å². The van der Waals surface area contributed by atoms with E-state index in [-0.39, 0.29) is 0 Å². The van der Waals surface area contributed by atoms with Crippen LogP contribution in [-0.4, -0.2) is 4.98 Å². The molecule has 2 aromatic carbocycles. The van der Waals surface area contributed by atoms with Gasteiger partial charge in [0.2, 0.25) is 0 Å². The third-order valence-corrected chi connectivity index (χ3v) is 2.35. The molecule has 0 unspecified atom stereocenters. The highest BCUT2D eigenvalue weighted by Crippen LogP contribution is 2.09. The van der Waals surface area contributed by atoms with Crippen molar-refractivity contribution in [2.45, 2.75) is 0 Å². The third kappa shape index (κ3) is 3.31. The third-order valence-electron chi connectivity index (χ3n) is 2.35. The largest absolute Gasteiger partial charge is 0.399 e. The summed E-state index contributed by atoms with van der Waals surface area (Å²) in [6.07, 6.45) is 3.68. The predicted molar refractivity (Wildman–Crippen MR) is 72.6 cm³/mol. The number of fused-ring (bicyclic) bond motifs is 1. The van der Waals surface area contributed by atoms with Gasteiger partial charge in [0.1, 0.15) is 0 Å². The van der Waals surface area contributed by atoms with Crippen LogP contribution in [-0.2, 0) is 0 Å². The number of aromatic nitrogens is 1. The number of nitrogens with two attached hydrogens (primary N) is 1. The number of benzene rings is 2. The van der Waals surface area contributed by atoms with E-state index in [1.807, 2.05) is 60.9 Å². The van der Waals surface area contributed by atoms with Crippen LogP contribution in [0.1, 0.15) is 0 Å². The van der Waals surface area contributed by atoms with Crippen LogP contribution < -0.4 is 5.73 Å². The summed E-state index contributed by atoms with van der Waals surface area (Å²) in [5, 5.41) is 2.45. The summed E-state index contributed by atoms with van der Waals surface area (Å²) < 4.78 is 0. The van der Waals surface area contributed by atoms with Crippen molar-refractivity contribution in [1.29, 1.82) is 0 Å². The zero-order valence-electron chi connectivity index (χ0n) is 9.45. The highest BCUT2D eigenvalue weighted by molar-refractivity contribution is 5.80. The van der Waals surface area contributed by atoms with E-state index < -0.39 is 0 Å². The van der Waals surface area contributed by atoms with Crippen molar-refractivity contribution in [2.75, 3.05) is 5.73 Å². The maximum absolute atomic E-state index is 5.36. The van der Waals surface area contributed by atoms with Gasteiger partial charge in [0.05, 0.1) is 0 Å². The molecule has 1 heterocycles. The number of nitrogen functional groups attached to an aromatic ring is 1. The fourth-order valence-electron chi connectivity index (χ4n) is 1.48. The molecule has 0 aliphatic carbocycles. The highest BCUT2D eigenvalue weighted by Gasteiger charge is 1.86. The second kappa shape index (κ2) is 5.66. The Morgan fingerprint density at radius 3 is 1.94 bits per heavy atom. The van der Waals surface area contributed by atoms with Crippen LogP contribution in [0.3, 0.4) is 0 Å². The van der Waals surface area contributed by atoms with Gasteiger partial charge in [0, 0.05) is 18.1 Å². The predicted octanol–water partition coefficient (Wildman–Crippen LogP) is 3.50. The number of hydrogen-bond donors (Lipinski definition) is 1. The maximum atomic E-state index is 5.36. The zero-order valence-corrected chi connectivity index (χ0v) is 9.45. The Morgan fingerprint density at radius 1 is 0.706 bits per heavy atom. The van der Waals surface area contributed by atoms with Gasteiger partial charge in [-0.25, -0.2) is 0 Å². The fourth-order valence-corrected chi connectivity index (χ4v) is 1.48. The Hall–Kier alpha value is -2.35. The van der Waals surface area contributed by atoms with Gasteiger partial charge in [-0.3, -0.25) is 4.98 Å². The molecule has 0 saturated heterocycles. The minimum atomic E-state index is 0.822. The van der Waals surface area contributed by atoms with E-state index in [9.17, 15) is 0 Å². The summed E-state index contributed by atoms with van der Waals surface area (Å²) in [6.45, 7) is 0. The summed E-state index contributed by atoms with van der Waals surface area (Å²) in [5.74, 6) is 0. The second-order valence-electron chi connectivity index (χ2n) is 3.63. The van der Waals surface area contributed by atoms with Crippen molar-refractivity contribution < 1.29 is 0 Å². The fraction of sp³-hybridized carbons (Fsp3) is 0. The molecule has 0 radical (unpaired) electrons. The SMILES string of the molecule is Nc1ccccc1.c1ccc2cnccc2c1.